The molecule has 1 aromatic rings. The number of hydrogen-bond acceptors (Lipinski definition) is 4. The number of aryl methyl sites for hydroxylation is 1. The number of rotatable bonds is 6. The summed E-state index contributed by atoms with van der Waals surface area (Å²) in [4.78, 5) is 27.7. The largest absolute Gasteiger partial charge is 0.504 e. The molecule has 5 nitrogen and oxygen atoms in total. The van der Waals surface area contributed by atoms with Gasteiger partial charge in [0.15, 0.2) is 0 Å². The topological polar surface area (TPSA) is 65.0 Å². The lowest BCUT2D eigenvalue weighted by Crippen LogP contribution is -2.10. The van der Waals surface area contributed by atoms with Crippen molar-refractivity contribution in [2.45, 2.75) is 34.1 Å². The Morgan fingerprint density at radius 3 is 2.46 bits per heavy atom. The molecule has 0 radical (unpaired) electrons. The van der Waals surface area contributed by atoms with Crippen LogP contribution in [-0.4, -0.2) is 31.8 Å². The summed E-state index contributed by atoms with van der Waals surface area (Å²) in [7, 11) is 2.82. The first kappa shape index (κ1) is 19.6. The lowest BCUT2D eigenvalue weighted by Gasteiger charge is -2.11. The van der Waals surface area contributed by atoms with Crippen LogP contribution in [0.15, 0.2) is 35.0 Å². The van der Waals surface area contributed by atoms with Crippen LogP contribution in [0, 0.1) is 12.8 Å². The molecular weight excluding hydrogens is 306 g/mol. The fourth-order valence-electron chi connectivity index (χ4n) is 2.09. The van der Waals surface area contributed by atoms with E-state index in [4.69, 9.17) is 9.47 Å². The van der Waals surface area contributed by atoms with Crippen LogP contribution in [0.5, 0.6) is 0 Å². The summed E-state index contributed by atoms with van der Waals surface area (Å²) < 4.78 is 9.74. The molecule has 0 aliphatic carbocycles. The molecule has 0 spiro atoms. The van der Waals surface area contributed by atoms with Crippen LogP contribution in [0.3, 0.4) is 0 Å². The predicted molar refractivity (Wildman–Crippen MR) is 94.0 cm³/mol. The quantitative estimate of drug-likeness (QED) is 0.347. The third-order valence-corrected chi connectivity index (χ3v) is 3.63. The normalized spacial score (nSPS) is 12.3. The second-order valence-electron chi connectivity index (χ2n) is 5.88. The molecule has 1 rings (SSSR count). The molecule has 0 aliphatic heterocycles. The van der Waals surface area contributed by atoms with E-state index in [-0.39, 0.29) is 11.8 Å². The molecule has 0 N–H and O–H groups in total. The Morgan fingerprint density at radius 1 is 1.25 bits per heavy atom. The number of amides is 1. The SMILES string of the molecule is CO/C=C(\Cc1cc(C(C)=NC(=O)C(C)C)ccc1C)C(=O)OC. The second-order valence-corrected chi connectivity index (χ2v) is 5.88. The standard InChI is InChI=1S/C19H25NO4/c1-12(2)18(21)20-14(4)15-8-7-13(3)16(9-15)10-17(11-23-5)19(22)24-6/h7-9,11-12H,10H2,1-6H3/b17-11+,20-14?. The first-order chi connectivity index (χ1) is 11.3. The van der Waals surface area contributed by atoms with Crippen LogP contribution in [0.1, 0.15) is 37.5 Å². The number of carbonyl (C=O) groups is 2. The van der Waals surface area contributed by atoms with Crippen LogP contribution >= 0.6 is 0 Å². The van der Waals surface area contributed by atoms with Crippen molar-refractivity contribution < 1.29 is 19.1 Å². The minimum absolute atomic E-state index is 0.138. The summed E-state index contributed by atoms with van der Waals surface area (Å²) >= 11 is 0. The molecule has 0 saturated heterocycles. The second kappa shape index (κ2) is 9.01. The fraction of sp³-hybridized carbons (Fsp3) is 0.421. The van der Waals surface area contributed by atoms with Gasteiger partial charge >= 0.3 is 5.97 Å². The first-order valence-electron chi connectivity index (χ1n) is 7.79. The van der Waals surface area contributed by atoms with Crippen molar-refractivity contribution in [2.24, 2.45) is 10.9 Å². The van der Waals surface area contributed by atoms with E-state index in [9.17, 15) is 9.59 Å². The number of methoxy groups -OCH3 is 2. The van der Waals surface area contributed by atoms with Gasteiger partial charge in [-0.05, 0) is 36.6 Å². The Bertz CT molecular complexity index is 672. The monoisotopic (exact) mass is 331 g/mol. The fourth-order valence-corrected chi connectivity index (χ4v) is 2.09. The average Bonchev–Trinajstić information content (AvgIpc) is 2.55. The van der Waals surface area contributed by atoms with Crippen LogP contribution in [0.4, 0.5) is 0 Å². The molecule has 0 heterocycles. The number of esters is 1. The number of ether oxygens (including phenoxy) is 2. The highest BCUT2D eigenvalue weighted by molar-refractivity contribution is 6.05. The molecule has 0 aliphatic rings. The number of nitrogens with zero attached hydrogens (tertiary/aromatic N) is 1. The van der Waals surface area contributed by atoms with Crippen LogP contribution < -0.4 is 0 Å². The Hall–Kier alpha value is -2.43. The van der Waals surface area contributed by atoms with Gasteiger partial charge in [-0.1, -0.05) is 26.0 Å². The maximum atomic E-state index is 11.8. The van der Waals surface area contributed by atoms with Gasteiger partial charge in [0.1, 0.15) is 0 Å². The van der Waals surface area contributed by atoms with Crippen molar-refractivity contribution in [2.75, 3.05) is 14.2 Å². The number of benzene rings is 1. The average molecular weight is 331 g/mol. The van der Waals surface area contributed by atoms with Gasteiger partial charge in [-0.25, -0.2) is 9.79 Å². The van der Waals surface area contributed by atoms with Crippen molar-refractivity contribution in [3.05, 3.63) is 46.7 Å². The Kier molecular flexibility index (Phi) is 7.36. The van der Waals surface area contributed by atoms with E-state index in [0.717, 1.165) is 16.7 Å². The molecule has 0 aromatic heterocycles. The van der Waals surface area contributed by atoms with E-state index in [1.54, 1.807) is 6.92 Å². The molecule has 0 saturated carbocycles. The van der Waals surface area contributed by atoms with Gasteiger partial charge in [-0.2, -0.15) is 0 Å². The smallest absolute Gasteiger partial charge is 0.337 e. The lowest BCUT2D eigenvalue weighted by molar-refractivity contribution is -0.136. The molecule has 0 bridgehead atoms. The zero-order valence-corrected chi connectivity index (χ0v) is 15.2. The number of hydrogen-bond donors (Lipinski definition) is 0. The molecule has 5 heteroatoms. The Morgan fingerprint density at radius 2 is 1.92 bits per heavy atom. The van der Waals surface area contributed by atoms with E-state index in [0.29, 0.717) is 17.7 Å². The maximum absolute atomic E-state index is 11.8. The van der Waals surface area contributed by atoms with Gasteiger partial charge in [0, 0.05) is 18.1 Å². The highest BCUT2D eigenvalue weighted by atomic mass is 16.5. The third-order valence-electron chi connectivity index (χ3n) is 3.63. The predicted octanol–water partition coefficient (Wildman–Crippen LogP) is 3.23. The summed E-state index contributed by atoms with van der Waals surface area (Å²) in [5, 5.41) is 0. The van der Waals surface area contributed by atoms with E-state index in [2.05, 4.69) is 4.99 Å². The molecule has 1 amide bonds. The van der Waals surface area contributed by atoms with E-state index >= 15 is 0 Å². The van der Waals surface area contributed by atoms with E-state index in [1.165, 1.54) is 20.5 Å². The van der Waals surface area contributed by atoms with Crippen molar-refractivity contribution in [3.63, 3.8) is 0 Å². The zero-order chi connectivity index (χ0) is 18.3. The van der Waals surface area contributed by atoms with Gasteiger partial charge < -0.3 is 9.47 Å². The summed E-state index contributed by atoms with van der Waals surface area (Å²) in [5.41, 5.74) is 3.92. The minimum atomic E-state index is -0.429. The van der Waals surface area contributed by atoms with E-state index < -0.39 is 5.97 Å². The third kappa shape index (κ3) is 5.33. The van der Waals surface area contributed by atoms with Gasteiger partial charge in [0.25, 0.3) is 0 Å². The summed E-state index contributed by atoms with van der Waals surface area (Å²) in [5.74, 6) is -0.716. The van der Waals surface area contributed by atoms with Crippen molar-refractivity contribution in [1.82, 2.24) is 0 Å². The van der Waals surface area contributed by atoms with Crippen LogP contribution in [0.2, 0.25) is 0 Å². The van der Waals surface area contributed by atoms with Crippen LogP contribution in [-0.2, 0) is 25.5 Å². The van der Waals surface area contributed by atoms with Crippen molar-refractivity contribution in [3.8, 4) is 0 Å². The molecule has 24 heavy (non-hydrogen) atoms. The number of aliphatic imine (C=N–C) groups is 1. The minimum Gasteiger partial charge on any atom is -0.504 e. The van der Waals surface area contributed by atoms with Gasteiger partial charge in [0.05, 0.1) is 26.1 Å². The summed E-state index contributed by atoms with van der Waals surface area (Å²) in [6.07, 6.45) is 1.77. The Labute approximate surface area is 143 Å². The number of carbonyl (C=O) groups excluding carboxylic acids is 2. The highest BCUT2D eigenvalue weighted by Crippen LogP contribution is 2.17. The summed E-state index contributed by atoms with van der Waals surface area (Å²) in [6.45, 7) is 7.41. The van der Waals surface area contributed by atoms with Gasteiger partial charge in [0.2, 0.25) is 5.91 Å². The lowest BCUT2D eigenvalue weighted by atomic mass is 9.97. The van der Waals surface area contributed by atoms with Crippen LogP contribution in [0.25, 0.3) is 0 Å². The van der Waals surface area contributed by atoms with Crippen molar-refractivity contribution in [1.29, 1.82) is 0 Å². The first-order valence-corrected chi connectivity index (χ1v) is 7.79. The zero-order valence-electron chi connectivity index (χ0n) is 15.2. The highest BCUT2D eigenvalue weighted by Gasteiger charge is 2.14. The van der Waals surface area contributed by atoms with E-state index in [1.807, 2.05) is 39.0 Å². The maximum Gasteiger partial charge on any atom is 0.337 e. The molecule has 1 aromatic carbocycles. The molecule has 0 atom stereocenters. The van der Waals surface area contributed by atoms with Gasteiger partial charge in [-0.3, -0.25) is 4.79 Å². The van der Waals surface area contributed by atoms with Gasteiger partial charge in [-0.15, -0.1) is 0 Å². The molecule has 0 unspecified atom stereocenters. The molecule has 130 valence electrons. The Balaban J connectivity index is 3.16. The summed E-state index contributed by atoms with van der Waals surface area (Å²) in [6, 6.07) is 5.81. The molecule has 0 fully saturated rings. The van der Waals surface area contributed by atoms with Crippen molar-refractivity contribution >= 4 is 17.6 Å². The molecular formula is C19H25NO4.